The summed E-state index contributed by atoms with van der Waals surface area (Å²) in [6.45, 7) is 0. The summed E-state index contributed by atoms with van der Waals surface area (Å²) >= 11 is 13.8. The highest BCUT2D eigenvalue weighted by Gasteiger charge is 2.10. The molecule has 0 fully saturated rings. The van der Waals surface area contributed by atoms with Crippen molar-refractivity contribution in [3.8, 4) is 11.1 Å². The third kappa shape index (κ3) is 2.58. The maximum absolute atomic E-state index is 6.00. The van der Waals surface area contributed by atoms with Crippen molar-refractivity contribution in [3.05, 3.63) is 67.7 Å². The molecule has 0 amide bonds. The first-order valence-corrected chi connectivity index (χ1v) is 9.76. The van der Waals surface area contributed by atoms with Crippen LogP contribution in [-0.2, 0) is 0 Å². The summed E-state index contributed by atoms with van der Waals surface area (Å²) in [5.74, 6) is 0. The van der Waals surface area contributed by atoms with E-state index in [1.807, 2.05) is 23.5 Å². The van der Waals surface area contributed by atoms with Crippen LogP contribution in [0.25, 0.3) is 31.3 Å². The number of thiophene rings is 1. The first-order chi connectivity index (χ1) is 10.6. The van der Waals surface area contributed by atoms with Crippen LogP contribution < -0.4 is 0 Å². The fourth-order valence-corrected chi connectivity index (χ4v) is 4.99. The molecule has 0 radical (unpaired) electrons. The van der Waals surface area contributed by atoms with E-state index in [0.717, 1.165) is 9.50 Å². The minimum Gasteiger partial charge on any atom is -0.135 e. The first-order valence-electron chi connectivity index (χ1n) is 6.69. The van der Waals surface area contributed by atoms with Gasteiger partial charge in [-0.25, -0.2) is 0 Å². The lowest BCUT2D eigenvalue weighted by atomic mass is 10.0. The number of benzene rings is 3. The summed E-state index contributed by atoms with van der Waals surface area (Å²) in [6, 6.07) is 19.1. The summed E-state index contributed by atoms with van der Waals surface area (Å²) in [5.41, 5.74) is 2.46. The van der Waals surface area contributed by atoms with Gasteiger partial charge in [0.15, 0.2) is 0 Å². The molecular formula is C18H9BrClIS. The molecule has 4 heteroatoms. The van der Waals surface area contributed by atoms with Crippen LogP contribution in [0.15, 0.2) is 59.1 Å². The Morgan fingerprint density at radius 3 is 2.36 bits per heavy atom. The van der Waals surface area contributed by atoms with E-state index in [-0.39, 0.29) is 0 Å². The van der Waals surface area contributed by atoms with Gasteiger partial charge in [0.05, 0.1) is 0 Å². The SMILES string of the molecule is Clc1ccc(-c2cc3sc4ccc(Br)cc4c3cc2I)cc1. The van der Waals surface area contributed by atoms with E-state index in [9.17, 15) is 0 Å². The van der Waals surface area contributed by atoms with Gasteiger partial charge in [-0.2, -0.15) is 0 Å². The second kappa shape index (κ2) is 5.78. The summed E-state index contributed by atoms with van der Waals surface area (Å²) in [6.07, 6.45) is 0. The van der Waals surface area contributed by atoms with Crippen LogP contribution in [0, 0.1) is 3.57 Å². The van der Waals surface area contributed by atoms with Crippen LogP contribution in [-0.4, -0.2) is 0 Å². The van der Waals surface area contributed by atoms with Gasteiger partial charge in [-0.3, -0.25) is 0 Å². The van der Waals surface area contributed by atoms with E-state index in [2.05, 4.69) is 81.0 Å². The molecule has 1 aromatic heterocycles. The molecule has 0 aliphatic rings. The predicted octanol–water partition coefficient (Wildman–Crippen LogP) is 7.74. The highest BCUT2D eigenvalue weighted by atomic mass is 127. The summed E-state index contributed by atoms with van der Waals surface area (Å²) < 4.78 is 5.02. The molecule has 4 rings (SSSR count). The van der Waals surface area contributed by atoms with Gasteiger partial charge in [0.1, 0.15) is 0 Å². The molecule has 4 aromatic rings. The van der Waals surface area contributed by atoms with E-state index in [4.69, 9.17) is 11.6 Å². The van der Waals surface area contributed by atoms with Gasteiger partial charge < -0.3 is 0 Å². The van der Waals surface area contributed by atoms with Crippen molar-refractivity contribution in [1.29, 1.82) is 0 Å². The van der Waals surface area contributed by atoms with Gasteiger partial charge >= 0.3 is 0 Å². The van der Waals surface area contributed by atoms with Crippen molar-refractivity contribution in [2.45, 2.75) is 0 Å². The molecule has 1 heterocycles. The maximum Gasteiger partial charge on any atom is 0.0406 e. The minimum absolute atomic E-state index is 0.770. The number of hydrogen-bond donors (Lipinski definition) is 0. The molecule has 0 atom stereocenters. The zero-order valence-electron chi connectivity index (χ0n) is 11.2. The van der Waals surface area contributed by atoms with Gasteiger partial charge in [-0.05, 0) is 76.2 Å². The fourth-order valence-electron chi connectivity index (χ4n) is 2.62. The monoisotopic (exact) mass is 498 g/mol. The Labute approximate surface area is 159 Å². The topological polar surface area (TPSA) is 0 Å². The second-order valence-electron chi connectivity index (χ2n) is 5.08. The van der Waals surface area contributed by atoms with E-state index in [0.29, 0.717) is 0 Å². The predicted molar refractivity (Wildman–Crippen MR) is 110 cm³/mol. The standard InChI is InChI=1S/C18H9BrClIS/c19-11-3-6-17-14(7-11)15-8-16(21)13(9-18(15)22-17)10-1-4-12(20)5-2-10/h1-9H. The molecular weight excluding hydrogens is 491 g/mol. The Kier molecular flexibility index (Phi) is 3.93. The summed E-state index contributed by atoms with van der Waals surface area (Å²) in [5, 5.41) is 3.41. The van der Waals surface area contributed by atoms with E-state index in [1.54, 1.807) is 0 Å². The van der Waals surface area contributed by atoms with Crippen LogP contribution in [0.5, 0.6) is 0 Å². The van der Waals surface area contributed by atoms with Gasteiger partial charge in [0.2, 0.25) is 0 Å². The first kappa shape index (κ1) is 14.9. The molecule has 0 saturated carbocycles. The summed E-state index contributed by atoms with van der Waals surface area (Å²) in [4.78, 5) is 0. The molecule has 3 aromatic carbocycles. The third-order valence-electron chi connectivity index (χ3n) is 3.68. The molecule has 0 aliphatic carbocycles. The van der Waals surface area contributed by atoms with E-state index < -0.39 is 0 Å². The highest BCUT2D eigenvalue weighted by molar-refractivity contribution is 14.1. The zero-order valence-corrected chi connectivity index (χ0v) is 16.6. The number of rotatable bonds is 1. The normalized spacial score (nSPS) is 11.4. The Morgan fingerprint density at radius 2 is 1.59 bits per heavy atom. The van der Waals surface area contributed by atoms with Gasteiger partial charge in [-0.15, -0.1) is 11.3 Å². The molecule has 22 heavy (non-hydrogen) atoms. The largest absolute Gasteiger partial charge is 0.135 e. The lowest BCUT2D eigenvalue weighted by Crippen LogP contribution is -1.82. The Morgan fingerprint density at radius 1 is 0.864 bits per heavy atom. The van der Waals surface area contributed by atoms with Crippen LogP contribution >= 0.6 is 61.5 Å². The van der Waals surface area contributed by atoms with Crippen LogP contribution in [0.2, 0.25) is 5.02 Å². The van der Waals surface area contributed by atoms with Crippen molar-refractivity contribution in [2.24, 2.45) is 0 Å². The average Bonchev–Trinajstić information content (AvgIpc) is 2.84. The molecule has 108 valence electrons. The maximum atomic E-state index is 6.00. The molecule has 0 spiro atoms. The molecule has 0 aliphatic heterocycles. The van der Waals surface area contributed by atoms with Gasteiger partial charge in [-0.1, -0.05) is 39.7 Å². The van der Waals surface area contributed by atoms with Crippen molar-refractivity contribution in [1.82, 2.24) is 0 Å². The van der Waals surface area contributed by atoms with E-state index >= 15 is 0 Å². The highest BCUT2D eigenvalue weighted by Crippen LogP contribution is 2.39. The van der Waals surface area contributed by atoms with Crippen molar-refractivity contribution in [3.63, 3.8) is 0 Å². The lowest BCUT2D eigenvalue weighted by molar-refractivity contribution is 1.63. The minimum atomic E-state index is 0.770. The Balaban J connectivity index is 2.00. The van der Waals surface area contributed by atoms with Crippen LogP contribution in [0.3, 0.4) is 0 Å². The molecule has 0 saturated heterocycles. The number of hydrogen-bond acceptors (Lipinski definition) is 1. The molecule has 0 nitrogen and oxygen atoms in total. The summed E-state index contributed by atoms with van der Waals surface area (Å²) in [7, 11) is 0. The number of fused-ring (bicyclic) bond motifs is 3. The second-order valence-corrected chi connectivity index (χ2v) is 8.68. The zero-order chi connectivity index (χ0) is 15.3. The van der Waals surface area contributed by atoms with Gasteiger partial charge in [0, 0.05) is 33.2 Å². The average molecular weight is 500 g/mol. The molecule has 0 N–H and O–H groups in total. The van der Waals surface area contributed by atoms with Crippen molar-refractivity contribution >= 4 is 81.6 Å². The molecule has 0 bridgehead atoms. The number of halogens is 3. The Bertz CT molecular complexity index is 1010. The lowest BCUT2D eigenvalue weighted by Gasteiger charge is -2.06. The quantitative estimate of drug-likeness (QED) is 0.235. The fraction of sp³-hybridized carbons (Fsp3) is 0. The van der Waals surface area contributed by atoms with Crippen molar-refractivity contribution < 1.29 is 0 Å². The van der Waals surface area contributed by atoms with Crippen LogP contribution in [0.1, 0.15) is 0 Å². The van der Waals surface area contributed by atoms with Crippen molar-refractivity contribution in [2.75, 3.05) is 0 Å². The molecule has 0 unspecified atom stereocenters. The van der Waals surface area contributed by atoms with Gasteiger partial charge in [0.25, 0.3) is 0 Å². The Hall–Kier alpha value is -0.620. The third-order valence-corrected chi connectivity index (χ3v) is 6.45. The smallest absolute Gasteiger partial charge is 0.0406 e. The van der Waals surface area contributed by atoms with Crippen LogP contribution in [0.4, 0.5) is 0 Å². The van der Waals surface area contributed by atoms with E-state index in [1.165, 1.54) is 34.9 Å².